The van der Waals surface area contributed by atoms with Gasteiger partial charge in [-0.15, -0.1) is 0 Å². The highest BCUT2D eigenvalue weighted by molar-refractivity contribution is 5.86. The lowest BCUT2D eigenvalue weighted by molar-refractivity contribution is -0.128. The van der Waals surface area contributed by atoms with Gasteiger partial charge in [0.05, 0.1) is 0 Å². The van der Waals surface area contributed by atoms with Crippen molar-refractivity contribution in [3.63, 3.8) is 0 Å². The molecule has 1 atom stereocenters. The molecule has 0 radical (unpaired) electrons. The molecule has 5 nitrogen and oxygen atoms in total. The van der Waals surface area contributed by atoms with E-state index in [0.29, 0.717) is 13.0 Å². The summed E-state index contributed by atoms with van der Waals surface area (Å²) in [6.45, 7) is 7.76. The third kappa shape index (κ3) is 4.99. The fraction of sp³-hybridized carbons (Fsp3) is 0.533. The van der Waals surface area contributed by atoms with Gasteiger partial charge < -0.3 is 10.6 Å². The van der Waals surface area contributed by atoms with Crippen LogP contribution >= 0.6 is 0 Å². The van der Waals surface area contributed by atoms with E-state index in [1.807, 2.05) is 26.8 Å². The molecule has 0 aliphatic rings. The van der Waals surface area contributed by atoms with Crippen LogP contribution < -0.4 is 10.6 Å². The first kappa shape index (κ1) is 16.1. The van der Waals surface area contributed by atoms with Crippen molar-refractivity contribution in [1.82, 2.24) is 15.6 Å². The minimum absolute atomic E-state index is 0.151. The lowest BCUT2D eigenvalue weighted by Gasteiger charge is -2.17. The molecule has 2 N–H and O–H groups in total. The number of pyridine rings is 1. The van der Waals surface area contributed by atoms with E-state index in [0.717, 1.165) is 23.2 Å². The second-order valence-corrected chi connectivity index (χ2v) is 5.01. The zero-order chi connectivity index (χ0) is 15.1. The van der Waals surface area contributed by atoms with Crippen LogP contribution in [0.1, 0.15) is 43.5 Å². The highest BCUT2D eigenvalue weighted by Gasteiger charge is 2.18. The van der Waals surface area contributed by atoms with Gasteiger partial charge in [0, 0.05) is 25.4 Å². The Bertz CT molecular complexity index is 486. The van der Waals surface area contributed by atoms with Gasteiger partial charge in [-0.05, 0) is 37.5 Å². The number of carbonyl (C=O) groups is 2. The standard InChI is InChI=1S/C15H23N3O2/c1-5-6-14(18-12(4)19)15(20)17-9-13-8-16-11(3)7-10(13)2/h7-8,14H,5-6,9H2,1-4H3,(H,17,20)(H,18,19). The van der Waals surface area contributed by atoms with Gasteiger partial charge in [0.1, 0.15) is 6.04 Å². The SMILES string of the molecule is CCCC(NC(C)=O)C(=O)NCc1cnc(C)cc1C. The lowest BCUT2D eigenvalue weighted by Crippen LogP contribution is -2.45. The molecule has 0 spiro atoms. The maximum Gasteiger partial charge on any atom is 0.242 e. The monoisotopic (exact) mass is 277 g/mol. The highest BCUT2D eigenvalue weighted by Crippen LogP contribution is 2.07. The zero-order valence-electron chi connectivity index (χ0n) is 12.6. The van der Waals surface area contributed by atoms with E-state index in [9.17, 15) is 9.59 Å². The summed E-state index contributed by atoms with van der Waals surface area (Å²) >= 11 is 0. The maximum atomic E-state index is 12.1. The van der Waals surface area contributed by atoms with Gasteiger partial charge in [-0.2, -0.15) is 0 Å². The minimum Gasteiger partial charge on any atom is -0.350 e. The molecule has 1 aromatic rings. The molecule has 20 heavy (non-hydrogen) atoms. The number of amides is 2. The summed E-state index contributed by atoms with van der Waals surface area (Å²) in [7, 11) is 0. The second-order valence-electron chi connectivity index (χ2n) is 5.01. The third-order valence-corrected chi connectivity index (χ3v) is 3.08. The average molecular weight is 277 g/mol. The zero-order valence-corrected chi connectivity index (χ0v) is 12.6. The van der Waals surface area contributed by atoms with Crippen molar-refractivity contribution >= 4 is 11.8 Å². The van der Waals surface area contributed by atoms with E-state index in [1.54, 1.807) is 6.20 Å². The van der Waals surface area contributed by atoms with E-state index in [1.165, 1.54) is 6.92 Å². The Labute approximate surface area is 120 Å². The van der Waals surface area contributed by atoms with Crippen LogP contribution in [0.2, 0.25) is 0 Å². The molecule has 5 heteroatoms. The number of carbonyl (C=O) groups excluding carboxylic acids is 2. The molecule has 1 heterocycles. The van der Waals surface area contributed by atoms with Crippen LogP contribution in [0.25, 0.3) is 0 Å². The smallest absolute Gasteiger partial charge is 0.242 e. The Balaban J connectivity index is 2.62. The fourth-order valence-corrected chi connectivity index (χ4v) is 2.02. The fourth-order valence-electron chi connectivity index (χ4n) is 2.02. The van der Waals surface area contributed by atoms with Gasteiger partial charge in [-0.25, -0.2) is 0 Å². The van der Waals surface area contributed by atoms with Gasteiger partial charge in [-0.3, -0.25) is 14.6 Å². The number of nitrogens with zero attached hydrogens (tertiary/aromatic N) is 1. The summed E-state index contributed by atoms with van der Waals surface area (Å²) in [6.07, 6.45) is 3.25. The summed E-state index contributed by atoms with van der Waals surface area (Å²) in [5, 5.41) is 5.53. The maximum absolute atomic E-state index is 12.1. The third-order valence-electron chi connectivity index (χ3n) is 3.08. The average Bonchev–Trinajstić information content (AvgIpc) is 2.36. The number of nitrogens with one attached hydrogen (secondary N) is 2. The summed E-state index contributed by atoms with van der Waals surface area (Å²) < 4.78 is 0. The Morgan fingerprint density at radius 2 is 2.05 bits per heavy atom. The van der Waals surface area contributed by atoms with Crippen LogP contribution in [0.5, 0.6) is 0 Å². The van der Waals surface area contributed by atoms with Crippen LogP contribution in [0.15, 0.2) is 12.3 Å². The number of aromatic nitrogens is 1. The van der Waals surface area contributed by atoms with E-state index in [-0.39, 0.29) is 11.8 Å². The van der Waals surface area contributed by atoms with Crippen molar-refractivity contribution in [3.05, 3.63) is 29.1 Å². The largest absolute Gasteiger partial charge is 0.350 e. The number of aryl methyl sites for hydroxylation is 2. The van der Waals surface area contributed by atoms with Crippen molar-refractivity contribution in [2.24, 2.45) is 0 Å². The molecule has 0 saturated heterocycles. The molecular weight excluding hydrogens is 254 g/mol. The molecule has 2 amide bonds. The summed E-state index contributed by atoms with van der Waals surface area (Å²) in [6, 6.07) is 1.52. The topological polar surface area (TPSA) is 71.1 Å². The van der Waals surface area contributed by atoms with Crippen LogP contribution in [-0.2, 0) is 16.1 Å². The first-order valence-corrected chi connectivity index (χ1v) is 6.91. The van der Waals surface area contributed by atoms with E-state index in [2.05, 4.69) is 15.6 Å². The Morgan fingerprint density at radius 1 is 1.35 bits per heavy atom. The molecule has 0 fully saturated rings. The Hall–Kier alpha value is -1.91. The minimum atomic E-state index is -0.462. The molecular formula is C15H23N3O2. The van der Waals surface area contributed by atoms with Crippen molar-refractivity contribution in [3.8, 4) is 0 Å². The first-order chi connectivity index (χ1) is 9.43. The Morgan fingerprint density at radius 3 is 2.60 bits per heavy atom. The first-order valence-electron chi connectivity index (χ1n) is 6.91. The van der Waals surface area contributed by atoms with Gasteiger partial charge >= 0.3 is 0 Å². The summed E-state index contributed by atoms with van der Waals surface area (Å²) in [4.78, 5) is 27.4. The normalized spacial score (nSPS) is 11.8. The molecule has 0 aliphatic heterocycles. The summed E-state index contributed by atoms with van der Waals surface area (Å²) in [5.41, 5.74) is 3.05. The van der Waals surface area contributed by atoms with Crippen LogP contribution in [0, 0.1) is 13.8 Å². The van der Waals surface area contributed by atoms with Crippen molar-refractivity contribution in [1.29, 1.82) is 0 Å². The Kier molecular flexibility index (Phi) is 6.15. The molecule has 1 rings (SSSR count). The highest BCUT2D eigenvalue weighted by atomic mass is 16.2. The molecule has 0 aliphatic carbocycles. The van der Waals surface area contributed by atoms with Gasteiger partial charge in [-0.1, -0.05) is 13.3 Å². The van der Waals surface area contributed by atoms with E-state index in [4.69, 9.17) is 0 Å². The van der Waals surface area contributed by atoms with Crippen LogP contribution in [0.3, 0.4) is 0 Å². The van der Waals surface area contributed by atoms with Crippen molar-refractivity contribution in [2.45, 2.75) is 53.1 Å². The van der Waals surface area contributed by atoms with Crippen LogP contribution in [0.4, 0.5) is 0 Å². The van der Waals surface area contributed by atoms with Gasteiger partial charge in [0.2, 0.25) is 11.8 Å². The predicted octanol–water partition coefficient (Wildman–Crippen LogP) is 1.62. The lowest BCUT2D eigenvalue weighted by atomic mass is 10.1. The van der Waals surface area contributed by atoms with Crippen LogP contribution in [-0.4, -0.2) is 22.8 Å². The van der Waals surface area contributed by atoms with E-state index >= 15 is 0 Å². The summed E-state index contributed by atoms with van der Waals surface area (Å²) in [5.74, 6) is -0.339. The predicted molar refractivity (Wildman–Crippen MR) is 78.1 cm³/mol. The second kappa shape index (κ2) is 7.62. The molecule has 1 unspecified atom stereocenters. The van der Waals surface area contributed by atoms with Gasteiger partial charge in [0.15, 0.2) is 0 Å². The molecule has 0 bridgehead atoms. The molecule has 0 aromatic carbocycles. The van der Waals surface area contributed by atoms with Gasteiger partial charge in [0.25, 0.3) is 0 Å². The number of rotatable bonds is 6. The molecule has 1 aromatic heterocycles. The number of hydrogen-bond acceptors (Lipinski definition) is 3. The number of hydrogen-bond donors (Lipinski definition) is 2. The van der Waals surface area contributed by atoms with Crippen molar-refractivity contribution < 1.29 is 9.59 Å². The molecule has 0 saturated carbocycles. The quantitative estimate of drug-likeness (QED) is 0.830. The van der Waals surface area contributed by atoms with Crippen molar-refractivity contribution in [2.75, 3.05) is 0 Å². The molecule has 110 valence electrons. The van der Waals surface area contributed by atoms with E-state index < -0.39 is 6.04 Å².